The van der Waals surface area contributed by atoms with Gasteiger partial charge in [-0.05, 0) is 38.5 Å². The molecule has 0 saturated carbocycles. The maximum atomic E-state index is 11.8. The van der Waals surface area contributed by atoms with Crippen LogP contribution in [0.3, 0.4) is 0 Å². The Hall–Kier alpha value is -3.30. The van der Waals surface area contributed by atoms with E-state index in [9.17, 15) is 24.5 Å². The number of carbonyl (C=O) groups is 3. The Balaban J connectivity index is 2.54. The first-order valence-corrected chi connectivity index (χ1v) is 7.83. The molecule has 1 aromatic carbocycles. The molecule has 0 atom stereocenters. The topological polar surface area (TPSA) is 134 Å². The lowest BCUT2D eigenvalue weighted by Crippen LogP contribution is -2.32. The molecule has 1 rings (SSSR count). The molecule has 0 N–H and O–H groups in total. The van der Waals surface area contributed by atoms with Crippen LogP contribution in [0.2, 0.25) is 0 Å². The van der Waals surface area contributed by atoms with Crippen molar-refractivity contribution in [3.05, 3.63) is 39.9 Å². The van der Waals surface area contributed by atoms with Crippen molar-refractivity contribution < 1.29 is 33.6 Å². The highest BCUT2D eigenvalue weighted by Gasteiger charge is 2.25. The molecule has 0 aliphatic rings. The minimum absolute atomic E-state index is 0.0818. The van der Waals surface area contributed by atoms with Crippen molar-refractivity contribution in [2.75, 3.05) is 6.61 Å². The smallest absolute Gasteiger partial charge is 0.364 e. The maximum Gasteiger partial charge on any atom is 0.364 e. The molecule has 10 nitrogen and oxygen atoms in total. The monoisotopic (exact) mass is 380 g/mol. The summed E-state index contributed by atoms with van der Waals surface area (Å²) in [6.45, 7) is 5.22. The predicted octanol–water partition coefficient (Wildman–Crippen LogP) is 1.94. The highest BCUT2D eigenvalue weighted by Crippen LogP contribution is 2.12. The van der Waals surface area contributed by atoms with Gasteiger partial charge in [-0.3, -0.25) is 14.9 Å². The number of oxime groups is 1. The van der Waals surface area contributed by atoms with E-state index in [2.05, 4.69) is 5.16 Å². The lowest BCUT2D eigenvalue weighted by atomic mass is 10.2. The average molecular weight is 380 g/mol. The molecule has 0 spiro atoms. The van der Waals surface area contributed by atoms with E-state index in [0.29, 0.717) is 5.56 Å². The third kappa shape index (κ3) is 8.08. The van der Waals surface area contributed by atoms with Gasteiger partial charge in [-0.2, -0.15) is 0 Å². The van der Waals surface area contributed by atoms with E-state index in [-0.39, 0.29) is 12.3 Å². The number of Topliss-reactive ketones (excluding diaryl/α,β-unsaturated/α-hetero) is 1. The molecular formula is C17H20N2O8. The molecule has 0 heterocycles. The number of nitro groups is 1. The van der Waals surface area contributed by atoms with Gasteiger partial charge in [0.1, 0.15) is 12.2 Å². The van der Waals surface area contributed by atoms with E-state index in [1.807, 2.05) is 0 Å². The fraction of sp³-hybridized carbons (Fsp3) is 0.412. The van der Waals surface area contributed by atoms with Gasteiger partial charge in [0.15, 0.2) is 5.78 Å². The molecule has 0 aromatic heterocycles. The van der Waals surface area contributed by atoms with Crippen LogP contribution in [-0.2, 0) is 35.3 Å². The Morgan fingerprint density at radius 3 is 2.22 bits per heavy atom. The van der Waals surface area contributed by atoms with Gasteiger partial charge < -0.3 is 14.3 Å². The van der Waals surface area contributed by atoms with Crippen LogP contribution in [0.5, 0.6) is 0 Å². The highest BCUT2D eigenvalue weighted by molar-refractivity contribution is 6.63. The Morgan fingerprint density at radius 2 is 1.74 bits per heavy atom. The summed E-state index contributed by atoms with van der Waals surface area (Å²) in [5.74, 6) is -2.44. The number of nitro benzene ring substituents is 1. The minimum Gasteiger partial charge on any atom is -0.458 e. The van der Waals surface area contributed by atoms with E-state index in [1.165, 1.54) is 24.3 Å². The van der Waals surface area contributed by atoms with Gasteiger partial charge in [0.2, 0.25) is 12.3 Å². The number of esters is 2. The molecule has 0 unspecified atom stereocenters. The summed E-state index contributed by atoms with van der Waals surface area (Å²) in [4.78, 5) is 49.6. The Labute approximate surface area is 155 Å². The molecule has 0 radical (unpaired) electrons. The number of carbonyl (C=O) groups excluding carboxylic acids is 3. The van der Waals surface area contributed by atoms with Gasteiger partial charge >= 0.3 is 11.9 Å². The molecule has 0 amide bonds. The summed E-state index contributed by atoms with van der Waals surface area (Å²) in [5.41, 5.74) is -0.942. The van der Waals surface area contributed by atoms with Crippen molar-refractivity contribution >= 4 is 29.1 Å². The van der Waals surface area contributed by atoms with Crippen LogP contribution in [-0.4, -0.2) is 40.6 Å². The number of benzene rings is 1. The van der Waals surface area contributed by atoms with E-state index < -0.39 is 40.6 Å². The van der Waals surface area contributed by atoms with Crippen molar-refractivity contribution in [2.45, 2.75) is 39.9 Å². The van der Waals surface area contributed by atoms with Crippen molar-refractivity contribution in [3.8, 4) is 0 Å². The number of hydrogen-bond donors (Lipinski definition) is 0. The highest BCUT2D eigenvalue weighted by atomic mass is 16.7. The molecule has 0 aliphatic heterocycles. The second kappa shape index (κ2) is 9.41. The summed E-state index contributed by atoms with van der Waals surface area (Å²) in [5, 5.41) is 13.9. The molecule has 0 saturated heterocycles. The fourth-order valence-electron chi connectivity index (χ4n) is 1.64. The lowest BCUT2D eigenvalue weighted by molar-refractivity contribution is -0.384. The second-order valence-corrected chi connectivity index (χ2v) is 6.36. The normalized spacial score (nSPS) is 11.5. The lowest BCUT2D eigenvalue weighted by Gasteiger charge is -2.19. The molecule has 0 fully saturated rings. The molecular weight excluding hydrogens is 360 g/mol. The summed E-state index contributed by atoms with van der Waals surface area (Å²) in [6, 6.07) is 5.45. The molecule has 0 bridgehead atoms. The zero-order chi connectivity index (χ0) is 20.6. The van der Waals surface area contributed by atoms with Gasteiger partial charge in [-0.25, -0.2) is 9.59 Å². The van der Waals surface area contributed by atoms with Crippen molar-refractivity contribution in [2.24, 2.45) is 5.16 Å². The van der Waals surface area contributed by atoms with Gasteiger partial charge in [0.05, 0.1) is 4.92 Å². The Morgan fingerprint density at radius 1 is 1.15 bits per heavy atom. The van der Waals surface area contributed by atoms with Crippen molar-refractivity contribution in [3.63, 3.8) is 0 Å². The molecule has 0 aliphatic carbocycles. The Bertz CT molecular complexity index is 747. The largest absolute Gasteiger partial charge is 0.458 e. The predicted molar refractivity (Wildman–Crippen MR) is 92.8 cm³/mol. The van der Waals surface area contributed by atoms with Gasteiger partial charge in [-0.1, -0.05) is 5.16 Å². The SMILES string of the molecule is CC(=O)/C(=N/OCC(=O)OCc1ccc([N+](=O)[O-])cc1)C(=O)OC(C)(C)C. The van der Waals surface area contributed by atoms with Gasteiger partial charge in [0.25, 0.3) is 5.69 Å². The van der Waals surface area contributed by atoms with Crippen molar-refractivity contribution in [1.82, 2.24) is 0 Å². The van der Waals surface area contributed by atoms with Crippen LogP contribution >= 0.6 is 0 Å². The Kier molecular flexibility index (Phi) is 7.58. The number of ether oxygens (including phenoxy) is 2. The second-order valence-electron chi connectivity index (χ2n) is 6.36. The van der Waals surface area contributed by atoms with E-state index in [0.717, 1.165) is 6.92 Å². The number of hydrogen-bond acceptors (Lipinski definition) is 9. The molecule has 1 aromatic rings. The van der Waals surface area contributed by atoms with Crippen LogP contribution in [0.1, 0.15) is 33.3 Å². The summed E-state index contributed by atoms with van der Waals surface area (Å²) < 4.78 is 9.92. The van der Waals surface area contributed by atoms with E-state index in [4.69, 9.17) is 14.3 Å². The molecule has 10 heteroatoms. The first kappa shape index (κ1) is 21.7. The van der Waals surface area contributed by atoms with Crippen LogP contribution < -0.4 is 0 Å². The zero-order valence-corrected chi connectivity index (χ0v) is 15.4. The number of ketones is 1. The van der Waals surface area contributed by atoms with Crippen LogP contribution in [0.15, 0.2) is 29.4 Å². The van der Waals surface area contributed by atoms with E-state index >= 15 is 0 Å². The average Bonchev–Trinajstić information content (AvgIpc) is 2.55. The third-order valence-electron chi connectivity index (χ3n) is 2.81. The zero-order valence-electron chi connectivity index (χ0n) is 15.4. The molecule has 146 valence electrons. The first-order valence-electron chi connectivity index (χ1n) is 7.83. The maximum absolute atomic E-state index is 11.8. The number of nitrogens with zero attached hydrogens (tertiary/aromatic N) is 2. The van der Waals surface area contributed by atoms with Crippen LogP contribution in [0.25, 0.3) is 0 Å². The van der Waals surface area contributed by atoms with E-state index in [1.54, 1.807) is 20.8 Å². The van der Waals surface area contributed by atoms with Gasteiger partial charge in [0, 0.05) is 19.1 Å². The van der Waals surface area contributed by atoms with Crippen LogP contribution in [0.4, 0.5) is 5.69 Å². The quantitative estimate of drug-likeness (QED) is 0.219. The van der Waals surface area contributed by atoms with Crippen LogP contribution in [0, 0.1) is 10.1 Å². The number of rotatable bonds is 8. The first-order chi connectivity index (χ1) is 12.5. The third-order valence-corrected chi connectivity index (χ3v) is 2.81. The summed E-state index contributed by atoms with van der Waals surface area (Å²) >= 11 is 0. The summed E-state index contributed by atoms with van der Waals surface area (Å²) in [6.07, 6.45) is 0. The fourth-order valence-corrected chi connectivity index (χ4v) is 1.64. The van der Waals surface area contributed by atoms with Crippen molar-refractivity contribution in [1.29, 1.82) is 0 Å². The standard InChI is InChI=1S/C17H20N2O8/c1-11(20)15(16(22)27-17(2,3)4)18-26-10-14(21)25-9-12-5-7-13(8-6-12)19(23)24/h5-8H,9-10H2,1-4H3/b18-15-. The van der Waals surface area contributed by atoms with Gasteiger partial charge in [-0.15, -0.1) is 0 Å². The summed E-state index contributed by atoms with van der Waals surface area (Å²) in [7, 11) is 0. The minimum atomic E-state index is -0.964. The number of non-ortho nitro benzene ring substituents is 1. The molecule has 27 heavy (non-hydrogen) atoms.